The van der Waals surface area contributed by atoms with Crippen LogP contribution in [0.15, 0.2) is 30.3 Å². The van der Waals surface area contributed by atoms with Crippen LogP contribution in [0.3, 0.4) is 0 Å². The highest BCUT2D eigenvalue weighted by Crippen LogP contribution is 2.41. The molecule has 2 aromatic carbocycles. The van der Waals surface area contributed by atoms with Crippen LogP contribution in [-0.4, -0.2) is 46.2 Å². The Morgan fingerprint density at radius 1 is 0.973 bits per heavy atom. The molecule has 0 radical (unpaired) electrons. The number of carbonyl (C=O) groups is 2. The highest BCUT2D eigenvalue weighted by atomic mass is 19.4. The summed E-state index contributed by atoms with van der Waals surface area (Å²) >= 11 is 0. The zero-order valence-electron chi connectivity index (χ0n) is 20.5. The van der Waals surface area contributed by atoms with Crippen molar-refractivity contribution in [1.82, 2.24) is 4.90 Å². The second-order valence-electron chi connectivity index (χ2n) is 10.7. The predicted octanol–water partition coefficient (Wildman–Crippen LogP) is 6.67. The summed E-state index contributed by atoms with van der Waals surface area (Å²) in [5.74, 6) is -2.35. The molecule has 2 unspecified atom stereocenters. The first-order valence-electron chi connectivity index (χ1n) is 13.1. The molecule has 2 atom stereocenters. The highest BCUT2D eigenvalue weighted by Gasteiger charge is 2.43. The Balaban J connectivity index is 1.34. The fourth-order valence-corrected chi connectivity index (χ4v) is 6.51. The summed E-state index contributed by atoms with van der Waals surface area (Å²) in [6, 6.07) is 8.29. The Labute approximate surface area is 212 Å². The van der Waals surface area contributed by atoms with E-state index in [-0.39, 0.29) is 43.7 Å². The van der Waals surface area contributed by atoms with E-state index in [0.717, 1.165) is 19.3 Å². The predicted molar refractivity (Wildman–Crippen MR) is 129 cm³/mol. The lowest BCUT2D eigenvalue weighted by Gasteiger charge is -2.48. The third kappa shape index (κ3) is 5.14. The maximum atomic E-state index is 14.1. The van der Waals surface area contributed by atoms with Gasteiger partial charge in [0, 0.05) is 23.2 Å². The maximum Gasteiger partial charge on any atom is 0.391 e. The SMILES string of the molecule is O=C(O)C1CC2CCCC(C1)N2C(=O)c1ccc2c(CF)c(OC3CCC(C(F)(F)F)CC3)ccc2c1. The molecule has 2 heterocycles. The molecule has 1 N–H and O–H groups in total. The molecule has 1 saturated carbocycles. The minimum atomic E-state index is -4.20. The van der Waals surface area contributed by atoms with E-state index in [4.69, 9.17) is 4.74 Å². The molecule has 37 heavy (non-hydrogen) atoms. The number of rotatable bonds is 5. The zero-order valence-corrected chi connectivity index (χ0v) is 20.5. The Bertz CT molecular complexity index is 1160. The number of carboxylic acids is 1. The second kappa shape index (κ2) is 10.1. The fourth-order valence-electron chi connectivity index (χ4n) is 6.51. The van der Waals surface area contributed by atoms with Gasteiger partial charge in [0.1, 0.15) is 12.4 Å². The molecule has 2 saturated heterocycles. The van der Waals surface area contributed by atoms with E-state index in [1.807, 2.05) is 4.90 Å². The summed E-state index contributed by atoms with van der Waals surface area (Å²) < 4.78 is 59.0. The van der Waals surface area contributed by atoms with Gasteiger partial charge >= 0.3 is 12.1 Å². The van der Waals surface area contributed by atoms with Crippen molar-refractivity contribution in [3.8, 4) is 5.75 Å². The van der Waals surface area contributed by atoms with Crippen molar-refractivity contribution in [3.05, 3.63) is 41.5 Å². The van der Waals surface area contributed by atoms with Crippen LogP contribution in [0, 0.1) is 11.8 Å². The van der Waals surface area contributed by atoms with Gasteiger partial charge in [0.2, 0.25) is 0 Å². The van der Waals surface area contributed by atoms with Crippen molar-refractivity contribution in [2.45, 2.75) is 88.8 Å². The number of ether oxygens (including phenoxy) is 1. The molecule has 2 aliphatic heterocycles. The zero-order chi connectivity index (χ0) is 26.3. The first kappa shape index (κ1) is 25.8. The molecular weight excluding hydrogens is 490 g/mol. The van der Waals surface area contributed by atoms with E-state index >= 15 is 0 Å². The van der Waals surface area contributed by atoms with E-state index in [2.05, 4.69) is 0 Å². The summed E-state index contributed by atoms with van der Waals surface area (Å²) in [6.45, 7) is -0.801. The molecule has 3 fully saturated rings. The van der Waals surface area contributed by atoms with Crippen molar-refractivity contribution in [2.75, 3.05) is 0 Å². The second-order valence-corrected chi connectivity index (χ2v) is 10.7. The topological polar surface area (TPSA) is 66.8 Å². The van der Waals surface area contributed by atoms with Crippen LogP contribution < -0.4 is 4.74 Å². The summed E-state index contributed by atoms with van der Waals surface area (Å²) in [5.41, 5.74) is 0.802. The minimum Gasteiger partial charge on any atom is -0.490 e. The molecule has 0 aromatic heterocycles. The lowest BCUT2D eigenvalue weighted by Crippen LogP contribution is -2.55. The van der Waals surface area contributed by atoms with Gasteiger partial charge in [-0.25, -0.2) is 4.39 Å². The van der Waals surface area contributed by atoms with E-state index in [0.29, 0.717) is 40.5 Å². The lowest BCUT2D eigenvalue weighted by molar-refractivity contribution is -0.185. The Hall–Kier alpha value is -2.84. The highest BCUT2D eigenvalue weighted by molar-refractivity contribution is 6.00. The quantitative estimate of drug-likeness (QED) is 0.447. The number of halogens is 4. The van der Waals surface area contributed by atoms with Gasteiger partial charge in [-0.15, -0.1) is 0 Å². The van der Waals surface area contributed by atoms with Crippen molar-refractivity contribution in [1.29, 1.82) is 0 Å². The van der Waals surface area contributed by atoms with Gasteiger partial charge in [0.05, 0.1) is 17.9 Å². The molecular formula is C28H31F4NO4. The molecule has 5 nitrogen and oxygen atoms in total. The summed E-state index contributed by atoms with van der Waals surface area (Å²) in [4.78, 5) is 26.9. The van der Waals surface area contributed by atoms with Crippen LogP contribution in [0.4, 0.5) is 17.6 Å². The Morgan fingerprint density at radius 3 is 2.24 bits per heavy atom. The van der Waals surface area contributed by atoms with Crippen LogP contribution >= 0.6 is 0 Å². The van der Waals surface area contributed by atoms with Crippen LogP contribution in [0.2, 0.25) is 0 Å². The van der Waals surface area contributed by atoms with Gasteiger partial charge in [0.15, 0.2) is 0 Å². The lowest BCUT2D eigenvalue weighted by atomic mass is 9.78. The third-order valence-electron chi connectivity index (χ3n) is 8.46. The van der Waals surface area contributed by atoms with Crippen LogP contribution in [0.5, 0.6) is 5.75 Å². The third-order valence-corrected chi connectivity index (χ3v) is 8.46. The van der Waals surface area contributed by atoms with Gasteiger partial charge in [-0.2, -0.15) is 13.2 Å². The number of fused-ring (bicyclic) bond motifs is 3. The van der Waals surface area contributed by atoms with Gasteiger partial charge in [-0.3, -0.25) is 9.59 Å². The first-order valence-corrected chi connectivity index (χ1v) is 13.1. The number of carboxylic acid groups (broad SMARTS) is 1. The Morgan fingerprint density at radius 2 is 1.65 bits per heavy atom. The fraction of sp³-hybridized carbons (Fsp3) is 0.571. The van der Waals surface area contributed by atoms with Gasteiger partial charge < -0.3 is 14.7 Å². The molecule has 200 valence electrons. The monoisotopic (exact) mass is 521 g/mol. The summed E-state index contributed by atoms with van der Waals surface area (Å²) in [6.07, 6.45) is -0.574. The number of benzene rings is 2. The number of piperidine rings is 2. The van der Waals surface area contributed by atoms with Crippen LogP contribution in [-0.2, 0) is 11.5 Å². The average Bonchev–Trinajstić information content (AvgIpc) is 2.86. The molecule has 2 aromatic rings. The smallest absolute Gasteiger partial charge is 0.391 e. The first-order chi connectivity index (χ1) is 17.7. The number of alkyl halides is 4. The van der Waals surface area contributed by atoms with Crippen molar-refractivity contribution in [3.63, 3.8) is 0 Å². The van der Waals surface area contributed by atoms with Gasteiger partial charge in [0.25, 0.3) is 5.91 Å². The number of hydrogen-bond donors (Lipinski definition) is 1. The van der Waals surface area contributed by atoms with Crippen LogP contribution in [0.1, 0.15) is 73.7 Å². The summed E-state index contributed by atoms with van der Waals surface area (Å²) in [7, 11) is 0. The summed E-state index contributed by atoms with van der Waals surface area (Å²) in [5, 5.41) is 10.8. The Kier molecular flexibility index (Phi) is 7.07. The number of hydrogen-bond acceptors (Lipinski definition) is 3. The van der Waals surface area contributed by atoms with E-state index in [1.165, 1.54) is 0 Å². The standard InChI is InChI=1S/C28H31F4NO4/c29-15-24-23-10-4-17(26(34)33-20-2-1-3-21(33)14-18(13-20)27(35)36)12-16(23)5-11-25(24)37-22-8-6-19(7-9-22)28(30,31)32/h4-5,10-12,18-22H,1-3,6-9,13-15H2,(H,35,36). The largest absolute Gasteiger partial charge is 0.490 e. The van der Waals surface area contributed by atoms with E-state index in [9.17, 15) is 32.3 Å². The van der Waals surface area contributed by atoms with Crippen molar-refractivity contribution < 1.29 is 37.0 Å². The van der Waals surface area contributed by atoms with E-state index < -0.39 is 36.8 Å². The van der Waals surface area contributed by atoms with Gasteiger partial charge in [-0.05, 0) is 86.8 Å². The molecule has 9 heteroatoms. The molecule has 3 aliphatic rings. The number of aliphatic carboxylic acids is 1. The molecule has 1 aliphatic carbocycles. The van der Waals surface area contributed by atoms with Gasteiger partial charge in [-0.1, -0.05) is 12.1 Å². The minimum absolute atomic E-state index is 0.00385. The van der Waals surface area contributed by atoms with Crippen molar-refractivity contribution in [2.24, 2.45) is 11.8 Å². The normalized spacial score (nSPS) is 28.2. The number of nitrogens with zero attached hydrogens (tertiary/aromatic N) is 1. The number of carbonyl (C=O) groups excluding carboxylic acids is 1. The molecule has 2 bridgehead atoms. The van der Waals surface area contributed by atoms with Crippen molar-refractivity contribution >= 4 is 22.6 Å². The van der Waals surface area contributed by atoms with E-state index in [1.54, 1.807) is 30.3 Å². The molecule has 1 amide bonds. The number of amides is 1. The molecule has 0 spiro atoms. The average molecular weight is 522 g/mol. The van der Waals surface area contributed by atoms with Crippen LogP contribution in [0.25, 0.3) is 10.8 Å². The molecule has 5 rings (SSSR count). The maximum absolute atomic E-state index is 14.1.